The molecule has 0 bridgehead atoms. The first-order chi connectivity index (χ1) is 6.91. The summed E-state index contributed by atoms with van der Waals surface area (Å²) in [6.07, 6.45) is 0. The molecule has 0 aliphatic carbocycles. The maximum absolute atomic E-state index is 11.7. The second-order valence-electron chi connectivity index (χ2n) is 4.39. The van der Waals surface area contributed by atoms with Gasteiger partial charge in [0, 0.05) is 21.1 Å². The third kappa shape index (κ3) is 3.59. The molecule has 3 heteroatoms. The summed E-state index contributed by atoms with van der Waals surface area (Å²) >= 11 is 0. The smallest absolute Gasteiger partial charge is 0.175 e. The Bertz CT molecular complexity index is 363. The molecule has 1 aromatic carbocycles. The minimum atomic E-state index is -1.12. The molecule has 0 amide bonds. The average Bonchev–Trinajstić information content (AvgIpc) is 2.17. The molecule has 0 aliphatic rings. The van der Waals surface area contributed by atoms with Crippen LogP contribution in [-0.2, 0) is 10.8 Å². The number of carbonyl (C=O) groups excluding carboxylic acids is 1. The van der Waals surface area contributed by atoms with Gasteiger partial charge >= 0.3 is 0 Å². The van der Waals surface area contributed by atoms with Crippen LogP contribution in [0.3, 0.4) is 0 Å². The zero-order valence-corrected chi connectivity index (χ0v) is 10.1. The molecule has 2 nitrogen and oxygen atoms in total. The second-order valence-corrected chi connectivity index (χ2v) is 6.60. The summed E-state index contributed by atoms with van der Waals surface area (Å²) in [5.74, 6) is 0.0527. The summed E-state index contributed by atoms with van der Waals surface area (Å²) in [6.45, 7) is 5.63. The molecule has 0 aromatic heterocycles. The van der Waals surface area contributed by atoms with Crippen LogP contribution in [0, 0.1) is 0 Å². The van der Waals surface area contributed by atoms with Gasteiger partial charge < -0.3 is 0 Å². The SMILES string of the molecule is CC(C)(C)[S@@](=O)CC(=O)c1ccccc1. The van der Waals surface area contributed by atoms with Crippen LogP contribution in [0.5, 0.6) is 0 Å². The highest BCUT2D eigenvalue weighted by atomic mass is 32.2. The minimum absolute atomic E-state index is 0.0520. The van der Waals surface area contributed by atoms with E-state index in [1.807, 2.05) is 39.0 Å². The van der Waals surface area contributed by atoms with E-state index in [2.05, 4.69) is 0 Å². The monoisotopic (exact) mass is 224 g/mol. The molecular formula is C12H16O2S. The van der Waals surface area contributed by atoms with E-state index in [-0.39, 0.29) is 16.3 Å². The highest BCUT2D eigenvalue weighted by molar-refractivity contribution is 7.87. The van der Waals surface area contributed by atoms with Crippen LogP contribution in [0.25, 0.3) is 0 Å². The Morgan fingerprint density at radius 3 is 2.20 bits per heavy atom. The Kier molecular flexibility index (Phi) is 3.80. The molecule has 0 saturated heterocycles. The molecule has 1 rings (SSSR count). The standard InChI is InChI=1S/C12H16O2S/c1-12(2,3)15(14)9-11(13)10-7-5-4-6-8-10/h4-8H,9H2,1-3H3/t15-/m0/s1. The Balaban J connectivity index is 2.70. The van der Waals surface area contributed by atoms with Gasteiger partial charge in [0.15, 0.2) is 5.78 Å². The number of Topliss-reactive ketones (excluding diaryl/α,β-unsaturated/α-hetero) is 1. The van der Waals surface area contributed by atoms with Crippen LogP contribution >= 0.6 is 0 Å². The van der Waals surface area contributed by atoms with Crippen LogP contribution in [0.15, 0.2) is 30.3 Å². The Morgan fingerprint density at radius 1 is 1.20 bits per heavy atom. The summed E-state index contributed by atoms with van der Waals surface area (Å²) in [7, 11) is -1.12. The van der Waals surface area contributed by atoms with Gasteiger partial charge in [-0.05, 0) is 20.8 Å². The normalized spacial score (nSPS) is 13.5. The van der Waals surface area contributed by atoms with Gasteiger partial charge in [0.25, 0.3) is 0 Å². The second kappa shape index (κ2) is 4.71. The quantitative estimate of drug-likeness (QED) is 0.739. The van der Waals surface area contributed by atoms with Crippen LogP contribution < -0.4 is 0 Å². The molecule has 0 aliphatic heterocycles. The van der Waals surface area contributed by atoms with Crippen molar-refractivity contribution in [3.63, 3.8) is 0 Å². The first-order valence-electron chi connectivity index (χ1n) is 4.88. The molecule has 0 saturated carbocycles. The van der Waals surface area contributed by atoms with Crippen molar-refractivity contribution in [2.24, 2.45) is 0 Å². The molecule has 0 N–H and O–H groups in total. The van der Waals surface area contributed by atoms with Crippen molar-refractivity contribution < 1.29 is 9.00 Å². The van der Waals surface area contributed by atoms with Crippen molar-refractivity contribution in [1.82, 2.24) is 0 Å². The van der Waals surface area contributed by atoms with Gasteiger partial charge in [-0.25, -0.2) is 0 Å². The molecule has 1 atom stereocenters. The largest absolute Gasteiger partial charge is 0.293 e. The Morgan fingerprint density at radius 2 is 1.73 bits per heavy atom. The van der Waals surface area contributed by atoms with Crippen LogP contribution in [0.4, 0.5) is 0 Å². The summed E-state index contributed by atoms with van der Waals surface area (Å²) < 4.78 is 11.4. The van der Waals surface area contributed by atoms with Crippen molar-refractivity contribution >= 4 is 16.6 Å². The lowest BCUT2D eigenvalue weighted by atomic mass is 10.2. The number of hydrogen-bond acceptors (Lipinski definition) is 2. The lowest BCUT2D eigenvalue weighted by Crippen LogP contribution is -2.27. The average molecular weight is 224 g/mol. The van der Waals surface area contributed by atoms with Crippen molar-refractivity contribution in [1.29, 1.82) is 0 Å². The molecule has 1 aromatic rings. The molecule has 0 spiro atoms. The maximum atomic E-state index is 11.7. The molecule has 82 valence electrons. The molecule has 0 unspecified atom stereocenters. The number of benzene rings is 1. The van der Waals surface area contributed by atoms with Crippen LogP contribution in [0.1, 0.15) is 31.1 Å². The predicted molar refractivity (Wildman–Crippen MR) is 63.5 cm³/mol. The zero-order valence-electron chi connectivity index (χ0n) is 9.32. The van der Waals surface area contributed by atoms with Gasteiger partial charge in [-0.3, -0.25) is 9.00 Å². The molecule has 0 radical (unpaired) electrons. The fourth-order valence-electron chi connectivity index (χ4n) is 1.04. The lowest BCUT2D eigenvalue weighted by molar-refractivity contribution is 0.102. The molecule has 15 heavy (non-hydrogen) atoms. The van der Waals surface area contributed by atoms with E-state index in [0.29, 0.717) is 5.56 Å². The third-order valence-corrected chi connectivity index (χ3v) is 3.93. The summed E-state index contributed by atoms with van der Waals surface area (Å²) in [5.41, 5.74) is 0.634. The minimum Gasteiger partial charge on any atom is -0.293 e. The Hall–Kier alpha value is -0.960. The van der Waals surface area contributed by atoms with Crippen molar-refractivity contribution in [3.8, 4) is 0 Å². The maximum Gasteiger partial charge on any atom is 0.175 e. The van der Waals surface area contributed by atoms with E-state index in [4.69, 9.17) is 0 Å². The van der Waals surface area contributed by atoms with Crippen LogP contribution in [0.2, 0.25) is 0 Å². The highest BCUT2D eigenvalue weighted by Crippen LogP contribution is 2.13. The van der Waals surface area contributed by atoms with Gasteiger partial charge in [-0.2, -0.15) is 0 Å². The highest BCUT2D eigenvalue weighted by Gasteiger charge is 2.22. The summed E-state index contributed by atoms with van der Waals surface area (Å²) in [4.78, 5) is 11.7. The van der Waals surface area contributed by atoms with E-state index in [1.54, 1.807) is 12.1 Å². The fourth-order valence-corrected chi connectivity index (χ4v) is 1.88. The van der Waals surface area contributed by atoms with Crippen molar-refractivity contribution in [2.45, 2.75) is 25.5 Å². The number of ketones is 1. The molecule has 0 heterocycles. The van der Waals surface area contributed by atoms with E-state index < -0.39 is 10.8 Å². The Labute approximate surface area is 93.2 Å². The molecule has 0 fully saturated rings. The van der Waals surface area contributed by atoms with Crippen molar-refractivity contribution in [3.05, 3.63) is 35.9 Å². The van der Waals surface area contributed by atoms with Gasteiger partial charge in [-0.1, -0.05) is 30.3 Å². The zero-order chi connectivity index (χ0) is 11.5. The predicted octanol–water partition coefficient (Wildman–Crippen LogP) is 2.42. The third-order valence-electron chi connectivity index (χ3n) is 2.04. The van der Waals surface area contributed by atoms with Crippen molar-refractivity contribution in [2.75, 3.05) is 5.75 Å². The first-order valence-corrected chi connectivity index (χ1v) is 6.20. The lowest BCUT2D eigenvalue weighted by Gasteiger charge is -2.16. The molecular weight excluding hydrogens is 208 g/mol. The van der Waals surface area contributed by atoms with Gasteiger partial charge in [0.2, 0.25) is 0 Å². The van der Waals surface area contributed by atoms with E-state index in [1.165, 1.54) is 0 Å². The number of rotatable bonds is 3. The van der Waals surface area contributed by atoms with E-state index >= 15 is 0 Å². The summed E-state index contributed by atoms with van der Waals surface area (Å²) in [6, 6.07) is 8.99. The summed E-state index contributed by atoms with van der Waals surface area (Å²) in [5, 5.41) is 0. The topological polar surface area (TPSA) is 34.1 Å². The van der Waals surface area contributed by atoms with Gasteiger partial charge in [0.1, 0.15) is 0 Å². The number of carbonyl (C=O) groups is 1. The fraction of sp³-hybridized carbons (Fsp3) is 0.417. The number of hydrogen-bond donors (Lipinski definition) is 0. The van der Waals surface area contributed by atoms with Gasteiger partial charge in [-0.15, -0.1) is 0 Å². The van der Waals surface area contributed by atoms with E-state index in [0.717, 1.165) is 0 Å². The first kappa shape index (κ1) is 12.1. The van der Waals surface area contributed by atoms with Gasteiger partial charge in [0.05, 0.1) is 5.75 Å². The van der Waals surface area contributed by atoms with E-state index in [9.17, 15) is 9.00 Å². The van der Waals surface area contributed by atoms with Crippen LogP contribution in [-0.4, -0.2) is 20.5 Å².